The SMILES string of the molecule is CNS(=O)(=O)Nc1cccc(CN2C(=O)Oc3cc(Oc4cccnn4)ccc3C23COC3)c1F. The Bertz CT molecular complexity index is 1380. The number of nitrogens with zero attached hydrogens (tertiary/aromatic N) is 3. The second kappa shape index (κ2) is 8.76. The van der Waals surface area contributed by atoms with Crippen molar-refractivity contribution in [2.75, 3.05) is 25.0 Å². The molecule has 1 saturated heterocycles. The van der Waals surface area contributed by atoms with Gasteiger partial charge in [0.05, 0.1) is 25.4 Å². The number of hydrogen-bond donors (Lipinski definition) is 2. The number of carbonyl (C=O) groups is 1. The van der Waals surface area contributed by atoms with E-state index in [-0.39, 0.29) is 36.9 Å². The van der Waals surface area contributed by atoms with Crippen LogP contribution in [0, 0.1) is 5.82 Å². The van der Waals surface area contributed by atoms with Crippen LogP contribution in [0.15, 0.2) is 54.7 Å². The van der Waals surface area contributed by atoms with Gasteiger partial charge in [-0.2, -0.15) is 13.5 Å². The van der Waals surface area contributed by atoms with E-state index in [2.05, 4.69) is 19.6 Å². The van der Waals surface area contributed by atoms with Gasteiger partial charge in [-0.3, -0.25) is 9.62 Å². The first-order valence-electron chi connectivity index (χ1n) is 10.5. The van der Waals surface area contributed by atoms with Gasteiger partial charge in [-0.25, -0.2) is 13.9 Å². The minimum Gasteiger partial charge on any atom is -0.437 e. The molecule has 0 unspecified atom stereocenters. The van der Waals surface area contributed by atoms with E-state index in [9.17, 15) is 13.2 Å². The Labute approximate surface area is 200 Å². The van der Waals surface area contributed by atoms with E-state index in [1.54, 1.807) is 30.3 Å². The highest BCUT2D eigenvalue weighted by atomic mass is 32.2. The molecule has 0 radical (unpaired) electrons. The molecule has 3 heterocycles. The van der Waals surface area contributed by atoms with E-state index in [1.165, 1.54) is 36.3 Å². The van der Waals surface area contributed by atoms with Crippen LogP contribution in [0.5, 0.6) is 17.4 Å². The third-order valence-corrected chi connectivity index (χ3v) is 6.79. The molecule has 0 aliphatic carbocycles. The molecule has 11 nitrogen and oxygen atoms in total. The molecule has 35 heavy (non-hydrogen) atoms. The van der Waals surface area contributed by atoms with E-state index < -0.39 is 27.7 Å². The topological polar surface area (TPSA) is 132 Å². The summed E-state index contributed by atoms with van der Waals surface area (Å²) in [4.78, 5) is 14.4. The molecule has 1 amide bonds. The number of halogens is 1. The number of aromatic nitrogens is 2. The molecule has 2 N–H and O–H groups in total. The maximum absolute atomic E-state index is 15.2. The number of hydrogen-bond acceptors (Lipinski definition) is 8. The van der Waals surface area contributed by atoms with Crippen LogP contribution in [0.3, 0.4) is 0 Å². The van der Waals surface area contributed by atoms with Crippen molar-refractivity contribution in [1.82, 2.24) is 19.8 Å². The predicted molar refractivity (Wildman–Crippen MR) is 121 cm³/mol. The second-order valence-corrected chi connectivity index (χ2v) is 9.51. The Balaban J connectivity index is 1.44. The molecule has 2 aliphatic heterocycles. The summed E-state index contributed by atoms with van der Waals surface area (Å²) in [6.07, 6.45) is 0.822. The number of nitrogens with one attached hydrogen (secondary N) is 2. The zero-order chi connectivity index (χ0) is 24.6. The first-order chi connectivity index (χ1) is 16.8. The molecule has 1 aromatic heterocycles. The van der Waals surface area contributed by atoms with Crippen LogP contribution in [0.1, 0.15) is 11.1 Å². The van der Waals surface area contributed by atoms with Gasteiger partial charge in [0.1, 0.15) is 17.0 Å². The summed E-state index contributed by atoms with van der Waals surface area (Å²) in [6, 6.07) is 12.6. The minimum atomic E-state index is -3.92. The van der Waals surface area contributed by atoms with Crippen LogP contribution in [0.2, 0.25) is 0 Å². The predicted octanol–water partition coefficient (Wildman–Crippen LogP) is 2.52. The zero-order valence-corrected chi connectivity index (χ0v) is 19.2. The fraction of sp³-hybridized carbons (Fsp3) is 0.227. The van der Waals surface area contributed by atoms with Gasteiger partial charge in [-0.1, -0.05) is 12.1 Å². The number of rotatable bonds is 7. The maximum atomic E-state index is 15.2. The van der Waals surface area contributed by atoms with Crippen LogP contribution < -0.4 is 18.9 Å². The normalized spacial score (nSPS) is 16.3. The fourth-order valence-corrected chi connectivity index (χ4v) is 4.49. The van der Waals surface area contributed by atoms with Crippen LogP contribution in [-0.4, -0.2) is 49.9 Å². The summed E-state index contributed by atoms with van der Waals surface area (Å²) in [5.41, 5.74) is -0.326. The smallest absolute Gasteiger partial charge is 0.416 e. The summed E-state index contributed by atoms with van der Waals surface area (Å²) in [5, 5.41) is 7.63. The molecule has 13 heteroatoms. The van der Waals surface area contributed by atoms with E-state index in [4.69, 9.17) is 14.2 Å². The van der Waals surface area contributed by atoms with Gasteiger partial charge >= 0.3 is 6.09 Å². The van der Waals surface area contributed by atoms with Crippen LogP contribution in [0.4, 0.5) is 14.9 Å². The van der Waals surface area contributed by atoms with Crippen molar-refractivity contribution in [3.63, 3.8) is 0 Å². The van der Waals surface area contributed by atoms with Crippen molar-refractivity contribution < 1.29 is 31.8 Å². The monoisotopic (exact) mass is 501 g/mol. The Hall–Kier alpha value is -3.81. The van der Waals surface area contributed by atoms with E-state index in [0.717, 1.165) is 0 Å². The van der Waals surface area contributed by atoms with Gasteiger partial charge in [0.25, 0.3) is 10.2 Å². The first kappa shape index (κ1) is 23.0. The average Bonchev–Trinajstić information content (AvgIpc) is 2.81. The summed E-state index contributed by atoms with van der Waals surface area (Å²) < 4.78 is 59.7. The maximum Gasteiger partial charge on any atom is 0.416 e. The Morgan fingerprint density at radius 2 is 2.03 bits per heavy atom. The molecule has 2 aliphatic rings. The summed E-state index contributed by atoms with van der Waals surface area (Å²) in [5.74, 6) is 0.179. The summed E-state index contributed by atoms with van der Waals surface area (Å²) >= 11 is 0. The summed E-state index contributed by atoms with van der Waals surface area (Å²) in [7, 11) is -2.72. The molecule has 0 saturated carbocycles. The highest BCUT2D eigenvalue weighted by Crippen LogP contribution is 2.47. The number of ether oxygens (including phenoxy) is 3. The lowest BCUT2D eigenvalue weighted by Crippen LogP contribution is -2.63. The number of fused-ring (bicyclic) bond motifs is 2. The first-order valence-corrected chi connectivity index (χ1v) is 12.0. The quantitative estimate of drug-likeness (QED) is 0.505. The molecule has 1 spiro atoms. The molecular formula is C22H20FN5O6S. The average molecular weight is 501 g/mol. The number of carbonyl (C=O) groups excluding carboxylic acids is 1. The standard InChI is InChI=1S/C22H20FN5O6S/c1-24-35(30,31)27-17-5-2-4-14(20(17)23)11-28-21(29)34-18-10-15(33-19-6-3-9-25-26-19)7-8-16(18)22(28)12-32-13-22/h2-10,24,27H,11-13H2,1H3. The molecule has 0 bridgehead atoms. The Kier molecular flexibility index (Phi) is 5.75. The van der Waals surface area contributed by atoms with Crippen molar-refractivity contribution in [2.24, 2.45) is 0 Å². The van der Waals surface area contributed by atoms with Gasteiger partial charge in [0, 0.05) is 36.5 Å². The molecule has 5 rings (SSSR count). The lowest BCUT2D eigenvalue weighted by Gasteiger charge is -2.51. The third kappa shape index (κ3) is 4.24. The molecule has 2 aromatic carbocycles. The largest absolute Gasteiger partial charge is 0.437 e. The third-order valence-electron chi connectivity index (χ3n) is 5.76. The van der Waals surface area contributed by atoms with Crippen LogP contribution in [-0.2, 0) is 27.0 Å². The van der Waals surface area contributed by atoms with Crippen molar-refractivity contribution in [3.05, 3.63) is 71.7 Å². The molecule has 3 aromatic rings. The number of benzene rings is 2. The molecular weight excluding hydrogens is 481 g/mol. The van der Waals surface area contributed by atoms with Gasteiger partial charge in [-0.05, 0) is 24.3 Å². The van der Waals surface area contributed by atoms with Gasteiger partial charge in [-0.15, -0.1) is 5.10 Å². The Morgan fingerprint density at radius 3 is 2.71 bits per heavy atom. The van der Waals surface area contributed by atoms with E-state index in [1.807, 2.05) is 0 Å². The minimum absolute atomic E-state index is 0.107. The molecule has 182 valence electrons. The highest BCUT2D eigenvalue weighted by Gasteiger charge is 2.53. The van der Waals surface area contributed by atoms with Crippen molar-refractivity contribution >= 4 is 22.0 Å². The molecule has 0 atom stereocenters. The van der Waals surface area contributed by atoms with Crippen LogP contribution >= 0.6 is 0 Å². The van der Waals surface area contributed by atoms with Gasteiger partial charge < -0.3 is 14.2 Å². The number of amides is 1. The molecule has 1 fully saturated rings. The number of anilines is 1. The highest BCUT2D eigenvalue weighted by molar-refractivity contribution is 7.90. The Morgan fingerprint density at radius 1 is 1.20 bits per heavy atom. The van der Waals surface area contributed by atoms with Crippen molar-refractivity contribution in [3.8, 4) is 17.4 Å². The van der Waals surface area contributed by atoms with Crippen molar-refractivity contribution in [1.29, 1.82) is 0 Å². The second-order valence-electron chi connectivity index (χ2n) is 7.89. The van der Waals surface area contributed by atoms with E-state index >= 15 is 4.39 Å². The lowest BCUT2D eigenvalue weighted by atomic mass is 9.84. The van der Waals surface area contributed by atoms with Crippen molar-refractivity contribution in [2.45, 2.75) is 12.1 Å². The fourth-order valence-electron chi connectivity index (χ4n) is 3.94. The lowest BCUT2D eigenvalue weighted by molar-refractivity contribution is -0.143. The van der Waals surface area contributed by atoms with Crippen LogP contribution in [0.25, 0.3) is 0 Å². The van der Waals surface area contributed by atoms with E-state index in [0.29, 0.717) is 17.1 Å². The zero-order valence-electron chi connectivity index (χ0n) is 18.4. The summed E-state index contributed by atoms with van der Waals surface area (Å²) in [6.45, 7) is 0.209. The van der Waals surface area contributed by atoms with Gasteiger partial charge in [0.15, 0.2) is 5.82 Å². The van der Waals surface area contributed by atoms with Gasteiger partial charge in [0.2, 0.25) is 5.88 Å².